The lowest BCUT2D eigenvalue weighted by Crippen LogP contribution is -2.34. The van der Waals surface area contributed by atoms with Crippen LogP contribution in [-0.4, -0.2) is 11.0 Å². The quantitative estimate of drug-likeness (QED) is 0.647. The van der Waals surface area contributed by atoms with Gasteiger partial charge in [0.05, 0.1) is 5.69 Å². The van der Waals surface area contributed by atoms with Crippen molar-refractivity contribution < 1.29 is 9.53 Å². The summed E-state index contributed by atoms with van der Waals surface area (Å²) >= 11 is 5.25. The highest BCUT2D eigenvalue weighted by Crippen LogP contribution is 2.29. The summed E-state index contributed by atoms with van der Waals surface area (Å²) in [5.74, 6) is 1.08. The number of hydrogen-bond acceptors (Lipinski definition) is 3. The maximum atomic E-state index is 12.2. The Labute approximate surface area is 157 Å². The number of ether oxygens (including phenoxy) is 1. The second-order valence-electron chi connectivity index (χ2n) is 5.69. The summed E-state index contributed by atoms with van der Waals surface area (Å²) in [5, 5.41) is 5.89. The Morgan fingerprint density at radius 3 is 2.27 bits per heavy atom. The largest absolute Gasteiger partial charge is 0.455 e. The fourth-order valence-electron chi connectivity index (χ4n) is 2.31. The first-order valence-corrected chi connectivity index (χ1v) is 8.53. The molecule has 2 N–H and O–H groups in total. The molecule has 3 rings (SSSR count). The van der Waals surface area contributed by atoms with Crippen LogP contribution in [0.4, 0.5) is 5.69 Å². The summed E-state index contributed by atoms with van der Waals surface area (Å²) in [6.07, 6.45) is 0. The first-order chi connectivity index (χ1) is 12.6. The number of nitrogens with one attached hydrogen (secondary N) is 2. The summed E-state index contributed by atoms with van der Waals surface area (Å²) in [6.45, 7) is 2.02. The first-order valence-electron chi connectivity index (χ1n) is 8.13. The van der Waals surface area contributed by atoms with Gasteiger partial charge in [0, 0.05) is 5.56 Å². The molecule has 0 aromatic heterocycles. The van der Waals surface area contributed by atoms with Crippen molar-refractivity contribution in [1.82, 2.24) is 5.32 Å². The van der Waals surface area contributed by atoms with Crippen LogP contribution in [0.3, 0.4) is 0 Å². The second-order valence-corrected chi connectivity index (χ2v) is 6.09. The summed E-state index contributed by atoms with van der Waals surface area (Å²) < 4.78 is 5.92. The van der Waals surface area contributed by atoms with Crippen LogP contribution in [0.5, 0.6) is 11.5 Å². The number of rotatable bonds is 4. The molecule has 3 aromatic carbocycles. The maximum absolute atomic E-state index is 12.2. The van der Waals surface area contributed by atoms with Crippen molar-refractivity contribution in [3.8, 4) is 11.5 Å². The Morgan fingerprint density at radius 2 is 1.54 bits per heavy atom. The van der Waals surface area contributed by atoms with E-state index in [4.69, 9.17) is 17.0 Å². The molecule has 0 heterocycles. The minimum Gasteiger partial charge on any atom is -0.455 e. The van der Waals surface area contributed by atoms with Gasteiger partial charge in [-0.3, -0.25) is 10.1 Å². The minimum atomic E-state index is -0.264. The third kappa shape index (κ3) is 4.68. The van der Waals surface area contributed by atoms with E-state index in [0.29, 0.717) is 17.0 Å². The van der Waals surface area contributed by atoms with E-state index in [1.165, 1.54) is 0 Å². The van der Waals surface area contributed by atoms with Crippen LogP contribution in [-0.2, 0) is 0 Å². The third-order valence-electron chi connectivity index (χ3n) is 3.65. The van der Waals surface area contributed by atoms with Crippen molar-refractivity contribution in [3.05, 3.63) is 90.0 Å². The van der Waals surface area contributed by atoms with Gasteiger partial charge in [0.25, 0.3) is 5.91 Å². The van der Waals surface area contributed by atoms with Crippen LogP contribution < -0.4 is 15.4 Å². The molecule has 4 nitrogen and oxygen atoms in total. The van der Waals surface area contributed by atoms with Crippen LogP contribution in [0, 0.1) is 6.92 Å². The SMILES string of the molecule is Cc1ccc(Oc2ccccc2NC(=S)NC(=O)c2ccccc2)cc1. The number of amides is 1. The van der Waals surface area contributed by atoms with Crippen LogP contribution in [0.25, 0.3) is 0 Å². The summed E-state index contributed by atoms with van der Waals surface area (Å²) in [7, 11) is 0. The van der Waals surface area contributed by atoms with Crippen LogP contribution in [0.1, 0.15) is 15.9 Å². The molecule has 0 unspecified atom stereocenters. The van der Waals surface area contributed by atoms with Crippen LogP contribution in [0.15, 0.2) is 78.9 Å². The predicted octanol–water partition coefficient (Wildman–Crippen LogP) is 4.91. The molecule has 1 amide bonds. The monoisotopic (exact) mass is 362 g/mol. The maximum Gasteiger partial charge on any atom is 0.257 e. The molecule has 0 bridgehead atoms. The Kier molecular flexibility index (Phi) is 5.61. The number of benzene rings is 3. The molecular weight excluding hydrogens is 344 g/mol. The van der Waals surface area contributed by atoms with Gasteiger partial charge in [-0.05, 0) is 55.5 Å². The van der Waals surface area contributed by atoms with E-state index in [1.54, 1.807) is 24.3 Å². The predicted molar refractivity (Wildman–Crippen MR) is 108 cm³/mol. The van der Waals surface area contributed by atoms with Gasteiger partial charge < -0.3 is 10.1 Å². The van der Waals surface area contributed by atoms with Crippen LogP contribution in [0.2, 0.25) is 0 Å². The summed E-state index contributed by atoms with van der Waals surface area (Å²) in [4.78, 5) is 12.2. The molecule has 3 aromatic rings. The number of carbonyl (C=O) groups is 1. The lowest BCUT2D eigenvalue weighted by Gasteiger charge is -2.14. The molecule has 0 aliphatic heterocycles. The fraction of sp³-hybridized carbons (Fsp3) is 0.0476. The molecule has 0 spiro atoms. The van der Waals surface area contributed by atoms with Crippen molar-refractivity contribution in [2.24, 2.45) is 0 Å². The zero-order valence-electron chi connectivity index (χ0n) is 14.2. The van der Waals surface area contributed by atoms with Gasteiger partial charge in [0.1, 0.15) is 5.75 Å². The standard InChI is InChI=1S/C21H18N2O2S/c1-15-11-13-17(14-12-15)25-19-10-6-5-9-18(19)22-21(26)23-20(24)16-7-3-2-4-8-16/h2-14H,1H3,(H2,22,23,24,26). The normalized spacial score (nSPS) is 10.0. The van der Waals surface area contributed by atoms with Crippen molar-refractivity contribution in [3.63, 3.8) is 0 Å². The highest BCUT2D eigenvalue weighted by molar-refractivity contribution is 7.80. The Balaban J connectivity index is 1.68. The molecule has 0 saturated heterocycles. The highest BCUT2D eigenvalue weighted by Gasteiger charge is 2.10. The molecule has 26 heavy (non-hydrogen) atoms. The molecule has 0 aliphatic carbocycles. The molecule has 0 aliphatic rings. The average Bonchev–Trinajstić information content (AvgIpc) is 2.66. The lowest BCUT2D eigenvalue weighted by atomic mass is 10.2. The fourth-order valence-corrected chi connectivity index (χ4v) is 2.51. The van der Waals surface area contributed by atoms with Crippen molar-refractivity contribution in [2.75, 3.05) is 5.32 Å². The van der Waals surface area contributed by atoms with E-state index in [2.05, 4.69) is 10.6 Å². The number of hydrogen-bond donors (Lipinski definition) is 2. The number of aryl methyl sites for hydroxylation is 1. The van der Waals surface area contributed by atoms with E-state index in [9.17, 15) is 4.79 Å². The molecule has 0 fully saturated rings. The van der Waals surface area contributed by atoms with Gasteiger partial charge in [-0.1, -0.05) is 48.0 Å². The van der Waals surface area contributed by atoms with E-state index in [-0.39, 0.29) is 11.0 Å². The second kappa shape index (κ2) is 8.27. The average molecular weight is 362 g/mol. The molecular formula is C21H18N2O2S. The van der Waals surface area contributed by atoms with Crippen molar-refractivity contribution in [2.45, 2.75) is 6.92 Å². The van der Waals surface area contributed by atoms with Gasteiger partial charge in [-0.2, -0.15) is 0 Å². The molecule has 5 heteroatoms. The van der Waals surface area contributed by atoms with Crippen molar-refractivity contribution >= 4 is 28.9 Å². The van der Waals surface area contributed by atoms with Gasteiger partial charge in [0.2, 0.25) is 0 Å². The Morgan fingerprint density at radius 1 is 0.885 bits per heavy atom. The summed E-state index contributed by atoms with van der Waals surface area (Å²) in [5.41, 5.74) is 2.38. The van der Waals surface area contributed by atoms with E-state index in [1.807, 2.05) is 61.5 Å². The number of carbonyl (C=O) groups excluding carboxylic acids is 1. The smallest absolute Gasteiger partial charge is 0.257 e. The zero-order chi connectivity index (χ0) is 18.4. The molecule has 0 atom stereocenters. The molecule has 130 valence electrons. The summed E-state index contributed by atoms with van der Waals surface area (Å²) in [6, 6.07) is 24.1. The topological polar surface area (TPSA) is 50.4 Å². The van der Waals surface area contributed by atoms with Gasteiger partial charge >= 0.3 is 0 Å². The minimum absolute atomic E-state index is 0.207. The van der Waals surface area contributed by atoms with Gasteiger partial charge in [-0.25, -0.2) is 0 Å². The third-order valence-corrected chi connectivity index (χ3v) is 3.85. The van der Waals surface area contributed by atoms with E-state index >= 15 is 0 Å². The number of para-hydroxylation sites is 2. The van der Waals surface area contributed by atoms with E-state index in [0.717, 1.165) is 11.3 Å². The van der Waals surface area contributed by atoms with Crippen molar-refractivity contribution in [1.29, 1.82) is 0 Å². The molecule has 0 radical (unpaired) electrons. The lowest BCUT2D eigenvalue weighted by molar-refractivity contribution is 0.0977. The Bertz CT molecular complexity index is 909. The number of thiocarbonyl (C=S) groups is 1. The zero-order valence-corrected chi connectivity index (χ0v) is 15.0. The van der Waals surface area contributed by atoms with E-state index < -0.39 is 0 Å². The van der Waals surface area contributed by atoms with Crippen LogP contribution >= 0.6 is 12.2 Å². The Hall–Kier alpha value is -3.18. The molecule has 0 saturated carbocycles. The van der Waals surface area contributed by atoms with Gasteiger partial charge in [0.15, 0.2) is 10.9 Å². The highest BCUT2D eigenvalue weighted by atomic mass is 32.1. The number of anilines is 1. The van der Waals surface area contributed by atoms with Gasteiger partial charge in [-0.15, -0.1) is 0 Å². The first kappa shape index (κ1) is 17.6.